The number of nitrogens with zero attached hydrogens (tertiary/aromatic N) is 4. The standard InChI is InChI=1S/C18H17F3N4O/c19-18(20,21)15-2-1-3-17(24-15)26-12-13-6-8-25(9-7-13)16-5-4-14(10-22)11-23-16/h1-5,11,13H,6-9,12H2. The summed E-state index contributed by atoms with van der Waals surface area (Å²) in [5.74, 6) is 1.07. The first kappa shape index (κ1) is 18.0. The van der Waals surface area contributed by atoms with E-state index in [1.54, 1.807) is 12.3 Å². The molecular weight excluding hydrogens is 345 g/mol. The molecule has 8 heteroatoms. The fraction of sp³-hybridized carbons (Fsp3) is 0.389. The largest absolute Gasteiger partial charge is 0.477 e. The summed E-state index contributed by atoms with van der Waals surface area (Å²) >= 11 is 0. The maximum Gasteiger partial charge on any atom is 0.433 e. The lowest BCUT2D eigenvalue weighted by molar-refractivity contribution is -0.141. The topological polar surface area (TPSA) is 62.0 Å². The average Bonchev–Trinajstić information content (AvgIpc) is 2.66. The Morgan fingerprint density at radius 2 is 1.96 bits per heavy atom. The van der Waals surface area contributed by atoms with Crippen LogP contribution in [0.5, 0.6) is 5.88 Å². The second-order valence-electron chi connectivity index (χ2n) is 6.12. The summed E-state index contributed by atoms with van der Waals surface area (Å²) in [7, 11) is 0. The van der Waals surface area contributed by atoms with Gasteiger partial charge in [0.05, 0.1) is 12.2 Å². The van der Waals surface area contributed by atoms with Crippen LogP contribution in [-0.2, 0) is 6.18 Å². The van der Waals surface area contributed by atoms with Crippen molar-refractivity contribution < 1.29 is 17.9 Å². The second-order valence-corrected chi connectivity index (χ2v) is 6.12. The van der Waals surface area contributed by atoms with E-state index >= 15 is 0 Å². The van der Waals surface area contributed by atoms with Gasteiger partial charge in [0, 0.05) is 25.4 Å². The predicted molar refractivity (Wildman–Crippen MR) is 88.6 cm³/mol. The number of ether oxygens (including phenoxy) is 1. The number of aromatic nitrogens is 2. The molecule has 0 amide bonds. The van der Waals surface area contributed by atoms with Crippen molar-refractivity contribution in [3.63, 3.8) is 0 Å². The van der Waals surface area contributed by atoms with E-state index in [2.05, 4.69) is 14.9 Å². The maximum atomic E-state index is 12.7. The van der Waals surface area contributed by atoms with E-state index in [4.69, 9.17) is 10.00 Å². The Hall–Kier alpha value is -2.82. The van der Waals surface area contributed by atoms with Crippen molar-refractivity contribution in [1.29, 1.82) is 5.26 Å². The molecule has 2 aromatic heterocycles. The Bertz CT molecular complexity index is 778. The number of piperidine rings is 1. The van der Waals surface area contributed by atoms with Gasteiger partial charge in [0.25, 0.3) is 0 Å². The van der Waals surface area contributed by atoms with Gasteiger partial charge < -0.3 is 9.64 Å². The molecule has 0 unspecified atom stereocenters. The zero-order chi connectivity index (χ0) is 18.6. The van der Waals surface area contributed by atoms with Crippen molar-refractivity contribution in [2.45, 2.75) is 19.0 Å². The lowest BCUT2D eigenvalue weighted by Gasteiger charge is -2.32. The zero-order valence-electron chi connectivity index (χ0n) is 13.9. The average molecular weight is 362 g/mol. The lowest BCUT2D eigenvalue weighted by atomic mass is 9.98. The van der Waals surface area contributed by atoms with Gasteiger partial charge >= 0.3 is 6.18 Å². The predicted octanol–water partition coefficient (Wildman–Crippen LogP) is 3.66. The first-order valence-corrected chi connectivity index (χ1v) is 8.24. The minimum atomic E-state index is -4.47. The molecule has 0 atom stereocenters. The van der Waals surface area contributed by atoms with E-state index in [9.17, 15) is 13.2 Å². The summed E-state index contributed by atoms with van der Waals surface area (Å²) < 4.78 is 43.5. The molecule has 1 saturated heterocycles. The molecule has 0 N–H and O–H groups in total. The summed E-state index contributed by atoms with van der Waals surface area (Å²) in [5.41, 5.74) is -0.428. The van der Waals surface area contributed by atoms with Gasteiger partial charge in [-0.15, -0.1) is 0 Å². The van der Waals surface area contributed by atoms with Gasteiger partial charge in [-0.2, -0.15) is 18.4 Å². The third-order valence-electron chi connectivity index (χ3n) is 4.30. The van der Waals surface area contributed by atoms with Crippen LogP contribution in [0, 0.1) is 17.2 Å². The molecule has 5 nitrogen and oxygen atoms in total. The van der Waals surface area contributed by atoms with E-state index in [0.717, 1.165) is 37.8 Å². The Labute approximate surface area is 149 Å². The Morgan fingerprint density at radius 1 is 1.19 bits per heavy atom. The van der Waals surface area contributed by atoms with Gasteiger partial charge in [-0.05, 0) is 37.0 Å². The van der Waals surface area contributed by atoms with Crippen LogP contribution in [-0.4, -0.2) is 29.7 Å². The smallest absolute Gasteiger partial charge is 0.433 e. The maximum absolute atomic E-state index is 12.7. The molecule has 0 bridgehead atoms. The molecule has 3 heterocycles. The first-order chi connectivity index (χ1) is 12.5. The van der Waals surface area contributed by atoms with Crippen LogP contribution in [0.3, 0.4) is 0 Å². The molecule has 1 aliphatic heterocycles. The molecule has 0 saturated carbocycles. The zero-order valence-corrected chi connectivity index (χ0v) is 13.9. The van der Waals surface area contributed by atoms with E-state index < -0.39 is 11.9 Å². The fourth-order valence-electron chi connectivity index (χ4n) is 2.82. The molecule has 1 aliphatic rings. The molecule has 0 spiro atoms. The highest BCUT2D eigenvalue weighted by Crippen LogP contribution is 2.29. The molecule has 1 fully saturated rings. The van der Waals surface area contributed by atoms with Crippen LogP contribution in [0.25, 0.3) is 0 Å². The van der Waals surface area contributed by atoms with Crippen LogP contribution < -0.4 is 9.64 Å². The van der Waals surface area contributed by atoms with Gasteiger partial charge in [0.15, 0.2) is 0 Å². The van der Waals surface area contributed by atoms with E-state index in [1.165, 1.54) is 12.1 Å². The quantitative estimate of drug-likeness (QED) is 0.831. The fourth-order valence-corrected chi connectivity index (χ4v) is 2.82. The van der Waals surface area contributed by atoms with Gasteiger partial charge in [0.2, 0.25) is 5.88 Å². The van der Waals surface area contributed by atoms with Crippen LogP contribution >= 0.6 is 0 Å². The van der Waals surface area contributed by atoms with Gasteiger partial charge in [0.1, 0.15) is 17.6 Å². The number of rotatable bonds is 4. The van der Waals surface area contributed by atoms with Crippen molar-refractivity contribution >= 4 is 5.82 Å². The molecular formula is C18H17F3N4O. The number of pyridine rings is 2. The number of hydrogen-bond donors (Lipinski definition) is 0. The van der Waals surface area contributed by atoms with E-state index in [0.29, 0.717) is 12.2 Å². The molecule has 0 radical (unpaired) electrons. The first-order valence-electron chi connectivity index (χ1n) is 8.24. The van der Waals surface area contributed by atoms with Crippen LogP contribution in [0.15, 0.2) is 36.5 Å². The molecule has 26 heavy (non-hydrogen) atoms. The van der Waals surface area contributed by atoms with E-state index in [-0.39, 0.29) is 11.8 Å². The molecule has 2 aromatic rings. The number of hydrogen-bond acceptors (Lipinski definition) is 5. The Balaban J connectivity index is 1.50. The summed E-state index contributed by atoms with van der Waals surface area (Å²) in [6, 6.07) is 9.25. The number of alkyl halides is 3. The molecule has 0 aliphatic carbocycles. The Morgan fingerprint density at radius 3 is 2.58 bits per heavy atom. The van der Waals surface area contributed by atoms with Gasteiger partial charge in [-0.25, -0.2) is 9.97 Å². The molecule has 3 rings (SSSR count). The highest BCUT2D eigenvalue weighted by atomic mass is 19.4. The highest BCUT2D eigenvalue weighted by Gasteiger charge is 2.32. The SMILES string of the molecule is N#Cc1ccc(N2CCC(COc3cccc(C(F)(F)F)n3)CC2)nc1. The van der Waals surface area contributed by atoms with Crippen LogP contribution in [0.1, 0.15) is 24.1 Å². The van der Waals surface area contributed by atoms with Crippen molar-refractivity contribution in [2.75, 3.05) is 24.6 Å². The van der Waals surface area contributed by atoms with Gasteiger partial charge in [-0.1, -0.05) is 6.07 Å². The highest BCUT2D eigenvalue weighted by molar-refractivity contribution is 5.42. The number of anilines is 1. The minimum absolute atomic E-state index is 0.00369. The van der Waals surface area contributed by atoms with E-state index in [1.807, 2.05) is 12.1 Å². The lowest BCUT2D eigenvalue weighted by Crippen LogP contribution is -2.36. The normalized spacial score (nSPS) is 15.5. The van der Waals surface area contributed by atoms with Crippen LogP contribution in [0.2, 0.25) is 0 Å². The van der Waals surface area contributed by atoms with Crippen molar-refractivity contribution in [2.24, 2.45) is 5.92 Å². The molecule has 0 aromatic carbocycles. The third kappa shape index (κ3) is 4.42. The van der Waals surface area contributed by atoms with Crippen molar-refractivity contribution in [1.82, 2.24) is 9.97 Å². The van der Waals surface area contributed by atoms with Crippen molar-refractivity contribution in [3.8, 4) is 11.9 Å². The van der Waals surface area contributed by atoms with Gasteiger partial charge in [-0.3, -0.25) is 0 Å². The Kier molecular flexibility index (Phi) is 5.26. The summed E-state index contributed by atoms with van der Waals surface area (Å²) in [6.07, 6.45) is -1.23. The minimum Gasteiger partial charge on any atom is -0.477 e. The number of halogens is 3. The summed E-state index contributed by atoms with van der Waals surface area (Å²) in [5, 5.41) is 8.80. The van der Waals surface area contributed by atoms with Crippen molar-refractivity contribution in [3.05, 3.63) is 47.8 Å². The summed E-state index contributed by atoms with van der Waals surface area (Å²) in [4.78, 5) is 9.92. The summed E-state index contributed by atoms with van der Waals surface area (Å²) in [6.45, 7) is 1.90. The molecule has 136 valence electrons. The number of nitriles is 1. The van der Waals surface area contributed by atoms with Crippen LogP contribution in [0.4, 0.5) is 19.0 Å². The monoisotopic (exact) mass is 362 g/mol. The third-order valence-corrected chi connectivity index (χ3v) is 4.30. The second kappa shape index (κ2) is 7.60.